The zero-order valence-electron chi connectivity index (χ0n) is 24.4. The van der Waals surface area contributed by atoms with E-state index in [1.165, 1.54) is 70.2 Å². The maximum absolute atomic E-state index is 8.47. The standard InChI is InChI=1S/C21H25.C9H7.C6H10.2ClH.Zr/c1-20(2,3)16-9-7-14-11-15-8-10-17(21(4,5)6)13-19(15)18(14)12-16;1-2-5-9-7-3-6-8(9)4-1;1-2-4-6-5-3-1;;;/h7,9-10,12-13H,11H2,1-6H3;1-7H;1-5H2;2*1H;/q;;;;;+2/p-2. The first-order chi connectivity index (χ1) is 18.3. The van der Waals surface area contributed by atoms with Gasteiger partial charge in [-0.15, -0.1) is 0 Å². The molecule has 204 valence electrons. The summed E-state index contributed by atoms with van der Waals surface area (Å²) in [5.74, 6) is 0. The van der Waals surface area contributed by atoms with Gasteiger partial charge in [-0.1, -0.05) is 0 Å². The second-order valence-corrected chi connectivity index (χ2v) is 34.7. The summed E-state index contributed by atoms with van der Waals surface area (Å²) >= 11 is -4.90. The molecule has 39 heavy (non-hydrogen) atoms. The van der Waals surface area contributed by atoms with E-state index in [1.807, 2.05) is 0 Å². The van der Waals surface area contributed by atoms with E-state index in [4.69, 9.17) is 17.0 Å². The topological polar surface area (TPSA) is 0 Å². The summed E-state index contributed by atoms with van der Waals surface area (Å²) in [6.07, 6.45) is 11.4. The van der Waals surface area contributed by atoms with Gasteiger partial charge >= 0.3 is 245 Å². The Hall–Kier alpha value is -1.27. The van der Waals surface area contributed by atoms with Crippen LogP contribution in [0.3, 0.4) is 0 Å². The first-order valence-corrected chi connectivity index (χ1v) is 25.0. The number of rotatable bonds is 2. The van der Waals surface area contributed by atoms with Gasteiger partial charge in [-0.2, -0.15) is 0 Å². The maximum atomic E-state index is 8.47. The molecule has 1 atom stereocenters. The first-order valence-electron chi connectivity index (χ1n) is 14.8. The average Bonchev–Trinajstić information content (AvgIpc) is 3.49. The van der Waals surface area contributed by atoms with Crippen LogP contribution in [0, 0.1) is 0 Å². The Bertz CT molecular complexity index is 1580. The molecule has 0 nitrogen and oxygen atoms in total. The molecule has 0 amide bonds. The third kappa shape index (κ3) is 4.46. The predicted molar refractivity (Wildman–Crippen MR) is 170 cm³/mol. The Morgan fingerprint density at radius 3 is 2.10 bits per heavy atom. The zero-order chi connectivity index (χ0) is 27.8. The summed E-state index contributed by atoms with van der Waals surface area (Å²) < 4.78 is 2.89. The minimum atomic E-state index is -4.90. The van der Waals surface area contributed by atoms with Crippen LogP contribution in [0.2, 0.25) is 0 Å². The zero-order valence-corrected chi connectivity index (χ0v) is 28.4. The fourth-order valence-electron chi connectivity index (χ4n) is 7.29. The van der Waals surface area contributed by atoms with E-state index in [0.29, 0.717) is 0 Å². The molecule has 1 fully saturated rings. The van der Waals surface area contributed by atoms with Gasteiger partial charge in [0.1, 0.15) is 0 Å². The van der Waals surface area contributed by atoms with Crippen molar-refractivity contribution >= 4 is 29.6 Å². The number of hydrogen-bond donors (Lipinski definition) is 0. The van der Waals surface area contributed by atoms with Crippen LogP contribution in [0.15, 0.2) is 60.7 Å². The van der Waals surface area contributed by atoms with Gasteiger partial charge in [0.15, 0.2) is 0 Å². The van der Waals surface area contributed by atoms with Crippen molar-refractivity contribution in [1.29, 1.82) is 0 Å². The van der Waals surface area contributed by atoms with Gasteiger partial charge in [0.2, 0.25) is 0 Å². The molecule has 1 unspecified atom stereocenters. The Labute approximate surface area is 243 Å². The quantitative estimate of drug-likeness (QED) is 0.205. The second-order valence-electron chi connectivity index (χ2n) is 14.3. The van der Waals surface area contributed by atoms with Crippen LogP contribution in [0.5, 0.6) is 0 Å². The van der Waals surface area contributed by atoms with Crippen molar-refractivity contribution < 1.29 is 15.9 Å². The summed E-state index contributed by atoms with van der Waals surface area (Å²) in [6.45, 7) is 13.9. The second kappa shape index (κ2) is 9.37. The molecule has 3 aromatic rings. The van der Waals surface area contributed by atoms with Gasteiger partial charge in [0.05, 0.1) is 0 Å². The van der Waals surface area contributed by atoms with Crippen LogP contribution < -0.4 is 3.27 Å². The van der Waals surface area contributed by atoms with Crippen LogP contribution in [0.1, 0.15) is 111 Å². The van der Waals surface area contributed by atoms with E-state index < -0.39 is 15.9 Å². The Morgan fingerprint density at radius 1 is 0.744 bits per heavy atom. The van der Waals surface area contributed by atoms with Gasteiger partial charge in [0, 0.05) is 0 Å². The third-order valence-corrected chi connectivity index (χ3v) is 29.9. The SMILES string of the molecule is CC(C)(C)c1ccc2c(c1)-c1cc(C(C)(C)C)c[c]([Zr]([Cl])([Cl])(=[C]3CCCCC3)[CH]3C=Cc4ccccc43)c1C2. The van der Waals surface area contributed by atoms with Crippen molar-refractivity contribution in [1.82, 2.24) is 0 Å². The number of halogens is 2. The van der Waals surface area contributed by atoms with Gasteiger partial charge < -0.3 is 0 Å². The summed E-state index contributed by atoms with van der Waals surface area (Å²) in [6, 6.07) is 20.9. The first kappa shape index (κ1) is 27.9. The summed E-state index contributed by atoms with van der Waals surface area (Å²) in [7, 11) is 16.9. The van der Waals surface area contributed by atoms with Crippen molar-refractivity contribution in [3.63, 3.8) is 0 Å². The van der Waals surface area contributed by atoms with E-state index in [2.05, 4.69) is 108 Å². The third-order valence-electron chi connectivity index (χ3n) is 9.69. The Morgan fingerprint density at radius 2 is 1.41 bits per heavy atom. The molecule has 0 aromatic heterocycles. The summed E-state index contributed by atoms with van der Waals surface area (Å²) in [5.41, 5.74) is 11.0. The molecule has 3 aromatic carbocycles. The monoisotopic (exact) mass is 634 g/mol. The van der Waals surface area contributed by atoms with Crippen LogP contribution in [0.4, 0.5) is 0 Å². The molecular formula is C36H42Cl2Zr. The van der Waals surface area contributed by atoms with E-state index in [1.54, 1.807) is 0 Å². The van der Waals surface area contributed by atoms with Crippen molar-refractivity contribution in [2.75, 3.05) is 0 Å². The number of hydrogen-bond acceptors (Lipinski definition) is 0. The van der Waals surface area contributed by atoms with Crippen LogP contribution in [-0.4, -0.2) is 3.21 Å². The van der Waals surface area contributed by atoms with Crippen LogP contribution in [0.25, 0.3) is 17.2 Å². The Kier molecular flexibility index (Phi) is 6.70. The molecule has 0 bridgehead atoms. The molecule has 0 radical (unpaired) electrons. The molecule has 0 saturated heterocycles. The molecule has 1 saturated carbocycles. The van der Waals surface area contributed by atoms with Gasteiger partial charge in [-0.05, 0) is 0 Å². The van der Waals surface area contributed by atoms with Crippen molar-refractivity contribution in [3.8, 4) is 11.1 Å². The molecule has 0 N–H and O–H groups in total. The molecule has 3 aliphatic rings. The average molecular weight is 637 g/mol. The number of benzene rings is 3. The van der Waals surface area contributed by atoms with Crippen molar-refractivity contribution in [3.05, 3.63) is 94.1 Å². The number of fused-ring (bicyclic) bond motifs is 4. The molecule has 3 aliphatic carbocycles. The fourth-order valence-corrected chi connectivity index (χ4v) is 25.7. The van der Waals surface area contributed by atoms with E-state index in [0.717, 1.165) is 19.3 Å². The van der Waals surface area contributed by atoms with Crippen molar-refractivity contribution in [2.45, 2.75) is 94.5 Å². The minimum absolute atomic E-state index is 0.00825. The molecule has 0 heterocycles. The van der Waals surface area contributed by atoms with E-state index in [9.17, 15) is 0 Å². The Balaban J connectivity index is 1.71. The van der Waals surface area contributed by atoms with Crippen LogP contribution in [-0.2, 0) is 33.2 Å². The van der Waals surface area contributed by atoms with Crippen molar-refractivity contribution in [2.24, 2.45) is 0 Å². The van der Waals surface area contributed by atoms with Gasteiger partial charge in [-0.3, -0.25) is 0 Å². The molecule has 0 spiro atoms. The number of allylic oxidation sites excluding steroid dienone is 1. The molecular weight excluding hydrogens is 595 g/mol. The van der Waals surface area contributed by atoms with Gasteiger partial charge in [0.25, 0.3) is 0 Å². The van der Waals surface area contributed by atoms with E-state index >= 15 is 0 Å². The predicted octanol–water partition coefficient (Wildman–Crippen LogP) is 10.4. The molecule has 3 heteroatoms. The van der Waals surface area contributed by atoms with Crippen LogP contribution >= 0.6 is 17.0 Å². The normalized spacial score (nSPS) is 19.2. The summed E-state index contributed by atoms with van der Waals surface area (Å²) in [5, 5.41) is 0. The molecule has 0 aliphatic heterocycles. The van der Waals surface area contributed by atoms with E-state index in [-0.39, 0.29) is 14.5 Å². The summed E-state index contributed by atoms with van der Waals surface area (Å²) in [4.78, 5) is 0. The molecule has 6 rings (SSSR count). The fraction of sp³-hybridized carbons (Fsp3) is 0.417. The van der Waals surface area contributed by atoms with Gasteiger partial charge in [-0.25, -0.2) is 0 Å².